The molecule has 0 spiro atoms. The number of thioether (sulfide) groups is 2. The summed E-state index contributed by atoms with van der Waals surface area (Å²) in [5.74, 6) is 0.895. The molecule has 0 aromatic heterocycles. The van der Waals surface area contributed by atoms with Gasteiger partial charge in [0.05, 0.1) is 17.0 Å². The molecule has 0 radical (unpaired) electrons. The average Bonchev–Trinajstić information content (AvgIpc) is 2.95. The summed E-state index contributed by atoms with van der Waals surface area (Å²) in [6.07, 6.45) is 13.3. The van der Waals surface area contributed by atoms with Crippen LogP contribution >= 0.6 is 35.7 Å². The number of hydrogen-bond donors (Lipinski definition) is 0. The quantitative estimate of drug-likeness (QED) is 0.190. The van der Waals surface area contributed by atoms with Gasteiger partial charge in [-0.05, 0) is 24.3 Å². The lowest BCUT2D eigenvalue weighted by molar-refractivity contribution is 0.0684. The predicted octanol–water partition coefficient (Wildman–Crippen LogP) is 6.91. The number of imide groups is 1. The second-order valence-corrected chi connectivity index (χ2v) is 10.4. The Labute approximate surface area is 183 Å². The summed E-state index contributed by atoms with van der Waals surface area (Å²) in [5.41, 5.74) is 0.995. The third-order valence-corrected chi connectivity index (χ3v) is 7.67. The Morgan fingerprint density at radius 2 is 1.32 bits per heavy atom. The summed E-state index contributed by atoms with van der Waals surface area (Å²) < 4.78 is 0.812. The van der Waals surface area contributed by atoms with E-state index >= 15 is 0 Å². The van der Waals surface area contributed by atoms with E-state index in [1.54, 1.807) is 36.0 Å². The van der Waals surface area contributed by atoms with E-state index in [0.717, 1.165) is 9.28 Å². The Bertz CT molecular complexity index is 628. The molecule has 0 saturated carbocycles. The Balaban J connectivity index is 1.50. The van der Waals surface area contributed by atoms with E-state index in [2.05, 4.69) is 6.92 Å². The zero-order valence-electron chi connectivity index (χ0n) is 16.8. The van der Waals surface area contributed by atoms with Gasteiger partial charge >= 0.3 is 0 Å². The summed E-state index contributed by atoms with van der Waals surface area (Å²) >= 11 is 8.48. The van der Waals surface area contributed by atoms with Gasteiger partial charge in [-0.25, -0.2) is 0 Å². The molecule has 154 valence electrons. The first-order valence-corrected chi connectivity index (χ1v) is 12.8. The molecule has 1 aliphatic heterocycles. The zero-order chi connectivity index (χ0) is 20.2. The van der Waals surface area contributed by atoms with Crippen molar-refractivity contribution in [1.29, 1.82) is 0 Å². The van der Waals surface area contributed by atoms with Gasteiger partial charge < -0.3 is 0 Å². The van der Waals surface area contributed by atoms with Gasteiger partial charge in [0.15, 0.2) is 0 Å². The average molecular weight is 438 g/mol. The van der Waals surface area contributed by atoms with Crippen molar-refractivity contribution in [2.75, 3.05) is 11.6 Å². The standard InChI is InChI=1S/C22H31NO2S3/c1-2-3-4-5-6-7-8-9-10-13-16-27-22(26)28-17-23-20(24)18-14-11-12-15-19(18)21(23)25/h11-12,14-15H,2-10,13,16-17H2,1H3. The maximum Gasteiger partial charge on any atom is 0.262 e. The van der Waals surface area contributed by atoms with Crippen LogP contribution in [-0.2, 0) is 0 Å². The molecule has 28 heavy (non-hydrogen) atoms. The zero-order valence-corrected chi connectivity index (χ0v) is 19.2. The lowest BCUT2D eigenvalue weighted by Gasteiger charge is -2.13. The molecule has 1 aromatic carbocycles. The number of thiocarbonyl (C=S) groups is 1. The highest BCUT2D eigenvalue weighted by molar-refractivity contribution is 8.47. The number of benzene rings is 1. The van der Waals surface area contributed by atoms with Crippen LogP contribution in [0.15, 0.2) is 24.3 Å². The van der Waals surface area contributed by atoms with Gasteiger partial charge in [0.2, 0.25) is 0 Å². The van der Waals surface area contributed by atoms with Crippen LogP contribution < -0.4 is 0 Å². The van der Waals surface area contributed by atoms with E-state index in [4.69, 9.17) is 12.2 Å². The van der Waals surface area contributed by atoms with Crippen molar-refractivity contribution >= 4 is 51.1 Å². The first-order chi connectivity index (χ1) is 13.6. The van der Waals surface area contributed by atoms with Gasteiger partial charge in [-0.15, -0.1) is 11.8 Å². The number of hydrogen-bond acceptors (Lipinski definition) is 5. The molecule has 0 bridgehead atoms. The molecule has 6 heteroatoms. The molecule has 0 saturated heterocycles. The minimum Gasteiger partial charge on any atom is -0.269 e. The Morgan fingerprint density at radius 1 is 0.821 bits per heavy atom. The first kappa shape index (κ1) is 23.4. The maximum absolute atomic E-state index is 12.3. The Hall–Kier alpha value is -0.850. The summed E-state index contributed by atoms with van der Waals surface area (Å²) in [5, 5.41) is 0. The third kappa shape index (κ3) is 7.53. The van der Waals surface area contributed by atoms with E-state index in [-0.39, 0.29) is 11.8 Å². The van der Waals surface area contributed by atoms with E-state index in [9.17, 15) is 9.59 Å². The fourth-order valence-electron chi connectivity index (χ4n) is 3.26. The van der Waals surface area contributed by atoms with Crippen LogP contribution in [-0.4, -0.2) is 31.9 Å². The number of carbonyl (C=O) groups is 2. The molecule has 1 heterocycles. The number of nitrogens with zero attached hydrogens (tertiary/aromatic N) is 1. The number of amides is 2. The van der Waals surface area contributed by atoms with E-state index in [1.807, 2.05) is 0 Å². The number of unbranched alkanes of at least 4 members (excludes halogenated alkanes) is 9. The summed E-state index contributed by atoms with van der Waals surface area (Å²) in [4.78, 5) is 25.9. The maximum atomic E-state index is 12.3. The number of rotatable bonds is 13. The van der Waals surface area contributed by atoms with E-state index < -0.39 is 0 Å². The lowest BCUT2D eigenvalue weighted by atomic mass is 10.1. The SMILES string of the molecule is CCCCCCCCCCCCSC(=S)SCN1C(=O)c2ccccc2C1=O. The molecule has 1 aliphatic rings. The fraction of sp³-hybridized carbons (Fsp3) is 0.591. The fourth-order valence-corrected chi connectivity index (χ4v) is 5.39. The minimum atomic E-state index is -0.212. The van der Waals surface area contributed by atoms with Crippen molar-refractivity contribution in [3.05, 3.63) is 35.4 Å². The second-order valence-electron chi connectivity index (χ2n) is 7.14. The number of fused-ring (bicyclic) bond motifs is 1. The first-order valence-electron chi connectivity index (χ1n) is 10.4. The summed E-state index contributed by atoms with van der Waals surface area (Å²) in [6.45, 7) is 2.26. The van der Waals surface area contributed by atoms with Gasteiger partial charge in [-0.1, -0.05) is 101 Å². The van der Waals surface area contributed by atoms with E-state index in [0.29, 0.717) is 17.0 Å². The lowest BCUT2D eigenvalue weighted by Crippen LogP contribution is -2.29. The van der Waals surface area contributed by atoms with Crippen LogP contribution in [0.5, 0.6) is 0 Å². The molecule has 0 N–H and O–H groups in total. The minimum absolute atomic E-state index is 0.212. The van der Waals surface area contributed by atoms with Crippen LogP contribution in [0.3, 0.4) is 0 Å². The van der Waals surface area contributed by atoms with Crippen molar-refractivity contribution in [1.82, 2.24) is 4.90 Å². The van der Waals surface area contributed by atoms with Crippen LogP contribution in [0.1, 0.15) is 91.8 Å². The molecule has 0 unspecified atom stereocenters. The normalized spacial score (nSPS) is 13.2. The van der Waals surface area contributed by atoms with Gasteiger partial charge in [-0.2, -0.15) is 0 Å². The molecule has 2 rings (SSSR count). The van der Waals surface area contributed by atoms with E-state index in [1.165, 1.54) is 80.9 Å². The molecular formula is C22H31NO2S3. The number of carbonyl (C=O) groups excluding carboxylic acids is 2. The Morgan fingerprint density at radius 3 is 1.86 bits per heavy atom. The van der Waals surface area contributed by atoms with Crippen molar-refractivity contribution in [3.63, 3.8) is 0 Å². The predicted molar refractivity (Wildman–Crippen MR) is 126 cm³/mol. The van der Waals surface area contributed by atoms with Crippen LogP contribution in [0.25, 0.3) is 0 Å². The second kappa shape index (κ2) is 13.4. The monoisotopic (exact) mass is 437 g/mol. The third-order valence-electron chi connectivity index (χ3n) is 4.91. The molecule has 0 atom stereocenters. The molecule has 1 aromatic rings. The van der Waals surface area contributed by atoms with Crippen LogP contribution in [0.2, 0.25) is 0 Å². The molecule has 0 fully saturated rings. The van der Waals surface area contributed by atoms with Gasteiger partial charge in [0, 0.05) is 0 Å². The van der Waals surface area contributed by atoms with Gasteiger partial charge in [-0.3, -0.25) is 14.5 Å². The highest BCUT2D eigenvalue weighted by atomic mass is 32.2. The summed E-state index contributed by atoms with van der Waals surface area (Å²) in [6, 6.07) is 6.98. The topological polar surface area (TPSA) is 37.4 Å². The molecule has 0 aliphatic carbocycles. The van der Waals surface area contributed by atoms with Crippen LogP contribution in [0.4, 0.5) is 0 Å². The highest BCUT2D eigenvalue weighted by Crippen LogP contribution is 2.27. The van der Waals surface area contributed by atoms with Crippen LogP contribution in [0, 0.1) is 0 Å². The van der Waals surface area contributed by atoms with Crippen molar-refractivity contribution in [2.45, 2.75) is 71.1 Å². The smallest absolute Gasteiger partial charge is 0.262 e. The van der Waals surface area contributed by atoms with Crippen molar-refractivity contribution in [2.24, 2.45) is 0 Å². The molecule has 3 nitrogen and oxygen atoms in total. The van der Waals surface area contributed by atoms with Gasteiger partial charge in [0.1, 0.15) is 3.53 Å². The van der Waals surface area contributed by atoms with Crippen molar-refractivity contribution < 1.29 is 9.59 Å². The molecular weight excluding hydrogens is 406 g/mol. The van der Waals surface area contributed by atoms with Crippen molar-refractivity contribution in [3.8, 4) is 0 Å². The largest absolute Gasteiger partial charge is 0.269 e. The van der Waals surface area contributed by atoms with Gasteiger partial charge in [0.25, 0.3) is 11.8 Å². The summed E-state index contributed by atoms with van der Waals surface area (Å²) in [7, 11) is 0. The molecule has 2 amide bonds. The highest BCUT2D eigenvalue weighted by Gasteiger charge is 2.34. The Kier molecular flexibility index (Phi) is 11.2.